The SMILES string of the molecule is Nc1ccc(N2CCC(CC(=O)O)CC2)cc1F. The van der Waals surface area contributed by atoms with Gasteiger partial charge in [-0.1, -0.05) is 0 Å². The lowest BCUT2D eigenvalue weighted by Gasteiger charge is -2.33. The topological polar surface area (TPSA) is 66.6 Å². The van der Waals surface area contributed by atoms with Crippen LogP contribution in [0.2, 0.25) is 0 Å². The summed E-state index contributed by atoms with van der Waals surface area (Å²) < 4.78 is 13.4. The van der Waals surface area contributed by atoms with Gasteiger partial charge in [-0.15, -0.1) is 0 Å². The summed E-state index contributed by atoms with van der Waals surface area (Å²) in [6, 6.07) is 4.80. The van der Waals surface area contributed by atoms with E-state index in [2.05, 4.69) is 4.90 Å². The lowest BCUT2D eigenvalue weighted by molar-refractivity contribution is -0.138. The van der Waals surface area contributed by atoms with Gasteiger partial charge in [-0.25, -0.2) is 4.39 Å². The summed E-state index contributed by atoms with van der Waals surface area (Å²) in [5.74, 6) is -0.912. The molecule has 0 amide bonds. The molecule has 1 saturated heterocycles. The highest BCUT2D eigenvalue weighted by Gasteiger charge is 2.21. The summed E-state index contributed by atoms with van der Waals surface area (Å²) in [5.41, 5.74) is 6.40. The fourth-order valence-electron chi connectivity index (χ4n) is 2.35. The highest BCUT2D eigenvalue weighted by Crippen LogP contribution is 2.26. The average Bonchev–Trinajstić information content (AvgIpc) is 2.33. The van der Waals surface area contributed by atoms with Crippen LogP contribution >= 0.6 is 0 Å². The van der Waals surface area contributed by atoms with Gasteiger partial charge in [0.15, 0.2) is 0 Å². The molecule has 0 unspecified atom stereocenters. The molecule has 18 heavy (non-hydrogen) atoms. The Hall–Kier alpha value is -1.78. The molecule has 1 heterocycles. The Morgan fingerprint density at radius 2 is 2.11 bits per heavy atom. The van der Waals surface area contributed by atoms with Gasteiger partial charge in [-0.3, -0.25) is 4.79 Å². The molecule has 0 spiro atoms. The van der Waals surface area contributed by atoms with Crippen molar-refractivity contribution >= 4 is 17.3 Å². The van der Waals surface area contributed by atoms with E-state index in [1.807, 2.05) is 0 Å². The Morgan fingerprint density at radius 1 is 1.44 bits per heavy atom. The quantitative estimate of drug-likeness (QED) is 0.808. The van der Waals surface area contributed by atoms with Gasteiger partial charge >= 0.3 is 5.97 Å². The third-order valence-corrected chi connectivity index (χ3v) is 3.43. The molecule has 98 valence electrons. The van der Waals surface area contributed by atoms with Gasteiger partial charge < -0.3 is 15.7 Å². The zero-order valence-corrected chi connectivity index (χ0v) is 10.1. The zero-order valence-electron chi connectivity index (χ0n) is 10.1. The summed E-state index contributed by atoms with van der Waals surface area (Å²) in [7, 11) is 0. The van der Waals surface area contributed by atoms with Gasteiger partial charge in [0.25, 0.3) is 0 Å². The van der Waals surface area contributed by atoms with Gasteiger partial charge in [-0.2, -0.15) is 0 Å². The van der Waals surface area contributed by atoms with Crippen LogP contribution in [0.25, 0.3) is 0 Å². The van der Waals surface area contributed by atoms with Gasteiger partial charge in [0.1, 0.15) is 5.82 Å². The molecule has 1 aliphatic rings. The lowest BCUT2D eigenvalue weighted by Crippen LogP contribution is -2.34. The minimum atomic E-state index is -0.744. The number of piperidine rings is 1. The predicted octanol–water partition coefficient (Wildman–Crippen LogP) is 2.10. The predicted molar refractivity (Wildman–Crippen MR) is 68.0 cm³/mol. The van der Waals surface area contributed by atoms with Crippen molar-refractivity contribution in [3.05, 3.63) is 24.0 Å². The lowest BCUT2D eigenvalue weighted by atomic mass is 9.93. The van der Waals surface area contributed by atoms with Crippen LogP contribution < -0.4 is 10.6 Å². The third-order valence-electron chi connectivity index (χ3n) is 3.43. The van der Waals surface area contributed by atoms with E-state index >= 15 is 0 Å². The maximum atomic E-state index is 13.4. The molecule has 2 rings (SSSR count). The van der Waals surface area contributed by atoms with Crippen LogP contribution in [0.4, 0.5) is 15.8 Å². The van der Waals surface area contributed by atoms with Crippen LogP contribution in [-0.4, -0.2) is 24.2 Å². The van der Waals surface area contributed by atoms with Gasteiger partial charge in [-0.05, 0) is 37.0 Å². The minimum Gasteiger partial charge on any atom is -0.481 e. The summed E-state index contributed by atoms with van der Waals surface area (Å²) in [5, 5.41) is 8.74. The highest BCUT2D eigenvalue weighted by atomic mass is 19.1. The molecular formula is C13H17FN2O2. The monoisotopic (exact) mass is 252 g/mol. The summed E-state index contributed by atoms with van der Waals surface area (Å²) in [4.78, 5) is 12.7. The number of rotatable bonds is 3. The maximum absolute atomic E-state index is 13.4. The molecule has 0 aromatic heterocycles. The standard InChI is InChI=1S/C13H17FN2O2/c14-11-8-10(1-2-12(11)15)16-5-3-9(4-6-16)7-13(17)18/h1-2,8-9H,3-7,15H2,(H,17,18). The Balaban J connectivity index is 1.96. The van der Waals surface area contributed by atoms with Crippen molar-refractivity contribution in [3.63, 3.8) is 0 Å². The molecule has 4 nitrogen and oxygen atoms in total. The first-order chi connectivity index (χ1) is 8.56. The molecule has 0 aliphatic carbocycles. The van der Waals surface area contributed by atoms with E-state index in [0.717, 1.165) is 31.6 Å². The van der Waals surface area contributed by atoms with Crippen molar-refractivity contribution in [2.45, 2.75) is 19.3 Å². The summed E-state index contributed by atoms with van der Waals surface area (Å²) >= 11 is 0. The van der Waals surface area contributed by atoms with Gasteiger partial charge in [0, 0.05) is 25.2 Å². The summed E-state index contributed by atoms with van der Waals surface area (Å²) in [6.07, 6.45) is 1.89. The van der Waals surface area contributed by atoms with E-state index in [4.69, 9.17) is 10.8 Å². The van der Waals surface area contributed by atoms with E-state index in [9.17, 15) is 9.18 Å². The average molecular weight is 252 g/mol. The van der Waals surface area contributed by atoms with Crippen molar-refractivity contribution in [2.75, 3.05) is 23.7 Å². The molecular weight excluding hydrogens is 235 g/mol. The van der Waals surface area contributed by atoms with Gasteiger partial charge in [0.05, 0.1) is 5.69 Å². The number of carboxylic acid groups (broad SMARTS) is 1. The number of anilines is 2. The van der Waals surface area contributed by atoms with Crippen LogP contribution in [0.1, 0.15) is 19.3 Å². The number of hydrogen-bond acceptors (Lipinski definition) is 3. The fourth-order valence-corrected chi connectivity index (χ4v) is 2.35. The van der Waals surface area contributed by atoms with Crippen molar-refractivity contribution < 1.29 is 14.3 Å². The number of nitrogen functional groups attached to an aromatic ring is 1. The molecule has 3 N–H and O–H groups in total. The van der Waals surface area contributed by atoms with E-state index in [-0.39, 0.29) is 18.0 Å². The molecule has 0 saturated carbocycles. The number of carbonyl (C=O) groups is 1. The highest BCUT2D eigenvalue weighted by molar-refractivity contribution is 5.67. The second-order valence-corrected chi connectivity index (χ2v) is 4.73. The second-order valence-electron chi connectivity index (χ2n) is 4.73. The van der Waals surface area contributed by atoms with E-state index < -0.39 is 11.8 Å². The number of nitrogens with two attached hydrogens (primary N) is 1. The Labute approximate surface area is 105 Å². The van der Waals surface area contributed by atoms with Crippen LogP contribution in [0, 0.1) is 11.7 Å². The molecule has 1 aliphatic heterocycles. The Kier molecular flexibility index (Phi) is 3.69. The first-order valence-corrected chi connectivity index (χ1v) is 6.08. The van der Waals surface area contributed by atoms with Crippen molar-refractivity contribution in [2.24, 2.45) is 5.92 Å². The Morgan fingerprint density at radius 3 is 2.67 bits per heavy atom. The number of hydrogen-bond donors (Lipinski definition) is 2. The van der Waals surface area contributed by atoms with Crippen LogP contribution in [0.5, 0.6) is 0 Å². The number of aliphatic carboxylic acids is 1. The van der Waals surface area contributed by atoms with E-state index in [0.29, 0.717) is 0 Å². The van der Waals surface area contributed by atoms with Crippen LogP contribution in [0.3, 0.4) is 0 Å². The maximum Gasteiger partial charge on any atom is 0.303 e. The molecule has 1 fully saturated rings. The smallest absolute Gasteiger partial charge is 0.303 e. The van der Waals surface area contributed by atoms with E-state index in [1.165, 1.54) is 6.07 Å². The molecule has 5 heteroatoms. The first-order valence-electron chi connectivity index (χ1n) is 6.08. The Bertz CT molecular complexity index is 443. The van der Waals surface area contributed by atoms with Crippen LogP contribution in [-0.2, 0) is 4.79 Å². The molecule has 1 aromatic rings. The summed E-state index contributed by atoms with van der Waals surface area (Å²) in [6.45, 7) is 1.53. The van der Waals surface area contributed by atoms with Crippen molar-refractivity contribution in [1.82, 2.24) is 0 Å². The minimum absolute atomic E-state index is 0.152. The fraction of sp³-hybridized carbons (Fsp3) is 0.462. The molecule has 1 aromatic carbocycles. The number of carboxylic acids is 1. The van der Waals surface area contributed by atoms with Crippen LogP contribution in [0.15, 0.2) is 18.2 Å². The number of nitrogens with zero attached hydrogens (tertiary/aromatic N) is 1. The number of benzene rings is 1. The zero-order chi connectivity index (χ0) is 13.1. The molecule has 0 bridgehead atoms. The van der Waals surface area contributed by atoms with E-state index in [1.54, 1.807) is 12.1 Å². The molecule has 0 atom stereocenters. The number of halogens is 1. The largest absolute Gasteiger partial charge is 0.481 e. The normalized spacial score (nSPS) is 16.8. The third kappa shape index (κ3) is 2.91. The van der Waals surface area contributed by atoms with Crippen molar-refractivity contribution in [3.8, 4) is 0 Å². The molecule has 0 radical (unpaired) electrons. The first kappa shape index (κ1) is 12.7. The van der Waals surface area contributed by atoms with Gasteiger partial charge in [0.2, 0.25) is 0 Å². The van der Waals surface area contributed by atoms with Crippen molar-refractivity contribution in [1.29, 1.82) is 0 Å². The second kappa shape index (κ2) is 5.25.